The lowest BCUT2D eigenvalue weighted by Gasteiger charge is -2.32. The van der Waals surface area contributed by atoms with Crippen molar-refractivity contribution >= 4 is 15.9 Å². The number of rotatable bonds is 4. The van der Waals surface area contributed by atoms with Crippen LogP contribution in [0.2, 0.25) is 0 Å². The Morgan fingerprint density at radius 2 is 1.55 bits per heavy atom. The first kappa shape index (κ1) is 15.3. The molecule has 0 radical (unpaired) electrons. The van der Waals surface area contributed by atoms with E-state index in [1.165, 1.54) is 11.1 Å². The highest BCUT2D eigenvalue weighted by Crippen LogP contribution is 2.33. The van der Waals surface area contributed by atoms with E-state index in [1.54, 1.807) is 0 Å². The first-order valence-electron chi connectivity index (χ1n) is 7.00. The average molecular weight is 332 g/mol. The van der Waals surface area contributed by atoms with E-state index in [-0.39, 0.29) is 5.41 Å². The zero-order valence-corrected chi connectivity index (χ0v) is 13.9. The third kappa shape index (κ3) is 3.94. The van der Waals surface area contributed by atoms with E-state index >= 15 is 0 Å². The number of hydrogen-bond acceptors (Lipinski definition) is 1. The second-order valence-electron chi connectivity index (χ2n) is 6.18. The summed E-state index contributed by atoms with van der Waals surface area (Å²) in [5, 5.41) is 3.70. The Balaban J connectivity index is 2.16. The number of benzene rings is 2. The third-order valence-electron chi connectivity index (χ3n) is 3.45. The first-order valence-corrected chi connectivity index (χ1v) is 7.79. The summed E-state index contributed by atoms with van der Waals surface area (Å²) in [6.07, 6.45) is 0. The predicted octanol–water partition coefficient (Wildman–Crippen LogP) is 5.33. The van der Waals surface area contributed by atoms with Gasteiger partial charge < -0.3 is 5.32 Å². The highest BCUT2D eigenvalue weighted by atomic mass is 79.9. The Labute approximate surface area is 130 Å². The molecule has 0 amide bonds. The van der Waals surface area contributed by atoms with E-state index in [1.807, 2.05) is 6.07 Å². The lowest BCUT2D eigenvalue weighted by atomic mass is 9.82. The maximum absolute atomic E-state index is 3.70. The molecule has 2 heteroatoms. The molecule has 0 aromatic heterocycles. The molecule has 0 saturated heterocycles. The van der Waals surface area contributed by atoms with Crippen molar-refractivity contribution < 1.29 is 0 Å². The van der Waals surface area contributed by atoms with Gasteiger partial charge in [0.1, 0.15) is 0 Å². The maximum Gasteiger partial charge on any atom is 0.0372 e. The minimum absolute atomic E-state index is 0.169. The molecule has 0 aliphatic heterocycles. The van der Waals surface area contributed by atoms with Gasteiger partial charge in [0.15, 0.2) is 0 Å². The Morgan fingerprint density at radius 1 is 0.950 bits per heavy atom. The molecule has 2 rings (SSSR count). The first-order chi connectivity index (χ1) is 9.48. The summed E-state index contributed by atoms with van der Waals surface area (Å²) in [7, 11) is 0. The fraction of sp³-hybridized carbons (Fsp3) is 0.333. The second kappa shape index (κ2) is 6.55. The lowest BCUT2D eigenvalue weighted by molar-refractivity contribution is 0.271. The standard InChI is InChI=1S/C18H22BrN/c1-18(2,3)17(14-9-5-4-6-10-14)20-13-15-11-7-8-12-16(15)19/h4-12,17,20H,13H2,1-3H3. The van der Waals surface area contributed by atoms with Gasteiger partial charge in [0.25, 0.3) is 0 Å². The van der Waals surface area contributed by atoms with Crippen molar-refractivity contribution in [3.05, 3.63) is 70.2 Å². The van der Waals surface area contributed by atoms with Crippen molar-refractivity contribution in [1.82, 2.24) is 5.32 Å². The summed E-state index contributed by atoms with van der Waals surface area (Å²) in [5.41, 5.74) is 2.80. The van der Waals surface area contributed by atoms with Crippen LogP contribution in [0.4, 0.5) is 0 Å². The van der Waals surface area contributed by atoms with Gasteiger partial charge >= 0.3 is 0 Å². The summed E-state index contributed by atoms with van der Waals surface area (Å²) in [4.78, 5) is 0. The normalized spacial score (nSPS) is 13.2. The molecule has 1 atom stereocenters. The Kier molecular flexibility index (Phi) is 5.00. The molecule has 20 heavy (non-hydrogen) atoms. The summed E-state index contributed by atoms with van der Waals surface area (Å²) < 4.78 is 1.16. The highest BCUT2D eigenvalue weighted by Gasteiger charge is 2.25. The van der Waals surface area contributed by atoms with Crippen LogP contribution < -0.4 is 5.32 Å². The molecule has 0 spiro atoms. The van der Waals surface area contributed by atoms with E-state index in [0.29, 0.717) is 6.04 Å². The molecule has 0 aliphatic carbocycles. The van der Waals surface area contributed by atoms with Crippen LogP contribution in [0.25, 0.3) is 0 Å². The largest absolute Gasteiger partial charge is 0.305 e. The van der Waals surface area contributed by atoms with Gasteiger partial charge in [0.2, 0.25) is 0 Å². The predicted molar refractivity (Wildman–Crippen MR) is 89.6 cm³/mol. The second-order valence-corrected chi connectivity index (χ2v) is 7.04. The van der Waals surface area contributed by atoms with Crippen molar-refractivity contribution in [2.45, 2.75) is 33.4 Å². The quantitative estimate of drug-likeness (QED) is 0.798. The van der Waals surface area contributed by atoms with Gasteiger partial charge in [0, 0.05) is 17.1 Å². The van der Waals surface area contributed by atoms with Gasteiger partial charge in [-0.1, -0.05) is 85.2 Å². The molecule has 1 unspecified atom stereocenters. The van der Waals surface area contributed by atoms with Crippen molar-refractivity contribution in [3.8, 4) is 0 Å². The van der Waals surface area contributed by atoms with Crippen LogP contribution in [0.15, 0.2) is 59.1 Å². The molecule has 0 heterocycles. The van der Waals surface area contributed by atoms with Crippen molar-refractivity contribution in [3.63, 3.8) is 0 Å². The van der Waals surface area contributed by atoms with Crippen LogP contribution in [0.3, 0.4) is 0 Å². The molecule has 0 bridgehead atoms. The van der Waals surface area contributed by atoms with Gasteiger partial charge in [0.05, 0.1) is 0 Å². The molecule has 0 fully saturated rings. The Bertz CT molecular complexity index is 543. The summed E-state index contributed by atoms with van der Waals surface area (Å²) in [5.74, 6) is 0. The van der Waals surface area contributed by atoms with Crippen LogP contribution >= 0.6 is 15.9 Å². The number of halogens is 1. The van der Waals surface area contributed by atoms with Crippen molar-refractivity contribution in [1.29, 1.82) is 0 Å². The summed E-state index contributed by atoms with van der Waals surface area (Å²) in [6, 6.07) is 19.4. The Hall–Kier alpha value is -1.12. The minimum Gasteiger partial charge on any atom is -0.305 e. The third-order valence-corrected chi connectivity index (χ3v) is 4.23. The van der Waals surface area contributed by atoms with E-state index < -0.39 is 0 Å². The molecule has 1 nitrogen and oxygen atoms in total. The molecular formula is C18H22BrN. The number of nitrogens with one attached hydrogen (secondary N) is 1. The van der Waals surface area contributed by atoms with Gasteiger partial charge in [-0.25, -0.2) is 0 Å². The zero-order valence-electron chi connectivity index (χ0n) is 12.4. The average Bonchev–Trinajstić information content (AvgIpc) is 2.41. The molecular weight excluding hydrogens is 310 g/mol. The molecule has 0 aliphatic rings. The SMILES string of the molecule is CC(C)(C)C(NCc1ccccc1Br)c1ccccc1. The summed E-state index contributed by atoms with van der Waals surface area (Å²) >= 11 is 3.61. The smallest absolute Gasteiger partial charge is 0.0372 e. The lowest BCUT2D eigenvalue weighted by Crippen LogP contribution is -2.32. The fourth-order valence-electron chi connectivity index (χ4n) is 2.42. The minimum atomic E-state index is 0.169. The topological polar surface area (TPSA) is 12.0 Å². The van der Waals surface area contributed by atoms with E-state index in [4.69, 9.17) is 0 Å². The van der Waals surface area contributed by atoms with Gasteiger partial charge in [-0.05, 0) is 22.6 Å². The fourth-order valence-corrected chi connectivity index (χ4v) is 2.85. The van der Waals surface area contributed by atoms with Crippen LogP contribution in [0.5, 0.6) is 0 Å². The highest BCUT2D eigenvalue weighted by molar-refractivity contribution is 9.10. The van der Waals surface area contributed by atoms with Gasteiger partial charge in [-0.3, -0.25) is 0 Å². The summed E-state index contributed by atoms with van der Waals surface area (Å²) in [6.45, 7) is 7.69. The van der Waals surface area contributed by atoms with Gasteiger partial charge in [-0.2, -0.15) is 0 Å². The van der Waals surface area contributed by atoms with E-state index in [9.17, 15) is 0 Å². The van der Waals surface area contributed by atoms with Crippen LogP contribution in [-0.4, -0.2) is 0 Å². The molecule has 0 saturated carbocycles. The number of hydrogen-bond donors (Lipinski definition) is 1. The van der Waals surface area contributed by atoms with Gasteiger partial charge in [-0.15, -0.1) is 0 Å². The van der Waals surface area contributed by atoms with Crippen molar-refractivity contribution in [2.75, 3.05) is 0 Å². The monoisotopic (exact) mass is 331 g/mol. The van der Waals surface area contributed by atoms with E-state index in [0.717, 1.165) is 11.0 Å². The molecule has 106 valence electrons. The van der Waals surface area contributed by atoms with Crippen LogP contribution in [-0.2, 0) is 6.54 Å². The van der Waals surface area contributed by atoms with Crippen LogP contribution in [0.1, 0.15) is 37.9 Å². The Morgan fingerprint density at radius 3 is 2.15 bits per heavy atom. The molecule has 1 N–H and O–H groups in total. The van der Waals surface area contributed by atoms with Crippen molar-refractivity contribution in [2.24, 2.45) is 5.41 Å². The molecule has 2 aromatic rings. The van der Waals surface area contributed by atoms with Crippen LogP contribution in [0, 0.1) is 5.41 Å². The van der Waals surface area contributed by atoms with E-state index in [2.05, 4.69) is 90.5 Å². The molecule has 2 aromatic carbocycles. The zero-order chi connectivity index (χ0) is 14.6. The maximum atomic E-state index is 3.70.